The molecule has 0 saturated heterocycles. The lowest BCUT2D eigenvalue weighted by Crippen LogP contribution is -2.23. The fourth-order valence-electron chi connectivity index (χ4n) is 2.72. The van der Waals surface area contributed by atoms with Gasteiger partial charge in [0, 0.05) is 18.6 Å². The first kappa shape index (κ1) is 11.2. The highest BCUT2D eigenvalue weighted by molar-refractivity contribution is 6.05. The number of carbonyl (C=O) groups excluding carboxylic acids is 1. The minimum Gasteiger partial charge on any atom is -0.372 e. The van der Waals surface area contributed by atoms with E-state index in [1.165, 1.54) is 0 Å². The zero-order valence-corrected chi connectivity index (χ0v) is 10.2. The molecule has 1 aliphatic rings. The Balaban J connectivity index is 2.16. The molecule has 0 bridgehead atoms. The number of hydrogen-bond acceptors (Lipinski definition) is 2. The Morgan fingerprint density at radius 1 is 0.944 bits per heavy atom. The lowest BCUT2D eigenvalue weighted by atomic mass is 9.91. The van der Waals surface area contributed by atoms with E-state index < -0.39 is 6.10 Å². The summed E-state index contributed by atoms with van der Waals surface area (Å²) in [5.41, 5.74) is 2.99. The number of Topliss-reactive ketones (excluding diaryl/α,β-unsaturated/α-hetero) is 1. The molecular formula is C16H14O2. The Bertz CT molecular complexity index is 575. The van der Waals surface area contributed by atoms with E-state index in [4.69, 9.17) is 4.74 Å². The number of ketones is 1. The highest BCUT2D eigenvalue weighted by Crippen LogP contribution is 2.39. The first-order chi connectivity index (χ1) is 8.83. The van der Waals surface area contributed by atoms with Crippen LogP contribution in [0.3, 0.4) is 0 Å². The maximum Gasteiger partial charge on any atom is 0.192 e. The number of benzene rings is 2. The van der Waals surface area contributed by atoms with Crippen molar-refractivity contribution in [3.05, 3.63) is 71.3 Å². The van der Waals surface area contributed by atoms with Crippen molar-refractivity contribution >= 4 is 5.78 Å². The van der Waals surface area contributed by atoms with Crippen LogP contribution < -0.4 is 0 Å². The largest absolute Gasteiger partial charge is 0.372 e. The molecule has 0 spiro atoms. The van der Waals surface area contributed by atoms with Gasteiger partial charge in [-0.15, -0.1) is 0 Å². The lowest BCUT2D eigenvalue weighted by molar-refractivity contribution is 0.0604. The third-order valence-electron chi connectivity index (χ3n) is 3.54. The monoisotopic (exact) mass is 238 g/mol. The van der Waals surface area contributed by atoms with Crippen LogP contribution in [-0.2, 0) is 4.74 Å². The maximum absolute atomic E-state index is 12.3. The highest BCUT2D eigenvalue weighted by atomic mass is 16.5. The summed E-state index contributed by atoms with van der Waals surface area (Å²) in [5, 5.41) is 0. The quantitative estimate of drug-likeness (QED) is 0.803. The highest BCUT2D eigenvalue weighted by Gasteiger charge is 2.40. The van der Waals surface area contributed by atoms with Crippen LogP contribution in [0.4, 0.5) is 0 Å². The Morgan fingerprint density at radius 3 is 2.33 bits per heavy atom. The van der Waals surface area contributed by atoms with E-state index in [1.54, 1.807) is 7.11 Å². The Hall–Kier alpha value is -1.93. The summed E-state index contributed by atoms with van der Waals surface area (Å²) in [6.07, 6.45) is -0.398. The molecule has 0 aliphatic heterocycles. The molecule has 2 heteroatoms. The molecule has 2 aromatic carbocycles. The zero-order chi connectivity index (χ0) is 12.5. The molecule has 0 radical (unpaired) electrons. The average Bonchev–Trinajstić information content (AvgIpc) is 2.73. The molecule has 0 N–H and O–H groups in total. The summed E-state index contributed by atoms with van der Waals surface area (Å²) in [6.45, 7) is 0. The Labute approximate surface area is 106 Å². The number of carbonyl (C=O) groups is 1. The van der Waals surface area contributed by atoms with Crippen LogP contribution in [0.5, 0.6) is 0 Å². The van der Waals surface area contributed by atoms with Crippen LogP contribution in [0.1, 0.15) is 27.4 Å². The van der Waals surface area contributed by atoms with E-state index in [0.29, 0.717) is 0 Å². The number of fused-ring (bicyclic) bond motifs is 1. The predicted octanol–water partition coefficient (Wildman–Crippen LogP) is 3.03. The fourth-order valence-corrected chi connectivity index (χ4v) is 2.72. The van der Waals surface area contributed by atoms with Gasteiger partial charge in [0.25, 0.3) is 0 Å². The van der Waals surface area contributed by atoms with Gasteiger partial charge >= 0.3 is 0 Å². The molecule has 1 aliphatic carbocycles. The fraction of sp³-hybridized carbons (Fsp3) is 0.188. The second-order valence-corrected chi connectivity index (χ2v) is 4.50. The third kappa shape index (κ3) is 1.57. The van der Waals surface area contributed by atoms with E-state index in [1.807, 2.05) is 54.6 Å². The summed E-state index contributed by atoms with van der Waals surface area (Å²) >= 11 is 0. The molecule has 0 aromatic heterocycles. The Kier molecular flexibility index (Phi) is 2.73. The van der Waals surface area contributed by atoms with Gasteiger partial charge in [-0.05, 0) is 11.1 Å². The van der Waals surface area contributed by atoms with E-state index in [2.05, 4.69) is 0 Å². The minimum absolute atomic E-state index is 0.0138. The van der Waals surface area contributed by atoms with E-state index in [0.717, 1.165) is 16.7 Å². The van der Waals surface area contributed by atoms with Crippen LogP contribution in [-0.4, -0.2) is 19.0 Å². The summed E-state index contributed by atoms with van der Waals surface area (Å²) in [7, 11) is 1.60. The van der Waals surface area contributed by atoms with Crippen LogP contribution >= 0.6 is 0 Å². The number of ether oxygens (including phenoxy) is 1. The number of methoxy groups -OCH3 is 1. The van der Waals surface area contributed by atoms with Crippen LogP contribution in [0.2, 0.25) is 0 Å². The molecule has 2 atom stereocenters. The van der Waals surface area contributed by atoms with E-state index in [-0.39, 0.29) is 11.7 Å². The molecule has 0 fully saturated rings. The third-order valence-corrected chi connectivity index (χ3v) is 3.54. The van der Waals surface area contributed by atoms with Crippen molar-refractivity contribution < 1.29 is 9.53 Å². The Morgan fingerprint density at radius 2 is 1.61 bits per heavy atom. The van der Waals surface area contributed by atoms with Gasteiger partial charge in [0.15, 0.2) is 5.78 Å². The van der Waals surface area contributed by atoms with Crippen LogP contribution in [0.25, 0.3) is 0 Å². The van der Waals surface area contributed by atoms with Crippen LogP contribution in [0, 0.1) is 0 Å². The van der Waals surface area contributed by atoms with Crippen molar-refractivity contribution in [2.24, 2.45) is 0 Å². The molecular weight excluding hydrogens is 224 g/mol. The van der Waals surface area contributed by atoms with E-state index >= 15 is 0 Å². The van der Waals surface area contributed by atoms with Gasteiger partial charge in [0.05, 0.1) is 0 Å². The smallest absolute Gasteiger partial charge is 0.192 e. The van der Waals surface area contributed by atoms with Gasteiger partial charge < -0.3 is 4.74 Å². The first-order valence-corrected chi connectivity index (χ1v) is 6.04. The molecule has 0 amide bonds. The molecule has 2 aromatic rings. The molecule has 90 valence electrons. The minimum atomic E-state index is -0.398. The van der Waals surface area contributed by atoms with Crippen molar-refractivity contribution in [2.75, 3.05) is 7.11 Å². The molecule has 0 heterocycles. The zero-order valence-electron chi connectivity index (χ0n) is 10.2. The normalized spacial score (nSPS) is 21.9. The van der Waals surface area contributed by atoms with E-state index in [9.17, 15) is 4.79 Å². The van der Waals surface area contributed by atoms with Crippen molar-refractivity contribution in [3.8, 4) is 0 Å². The second-order valence-electron chi connectivity index (χ2n) is 4.50. The van der Waals surface area contributed by atoms with Gasteiger partial charge in [0.1, 0.15) is 6.10 Å². The van der Waals surface area contributed by atoms with Crippen molar-refractivity contribution in [2.45, 2.75) is 12.0 Å². The SMILES string of the molecule is COC1C(=O)c2ccccc2C1c1ccccc1. The standard InChI is InChI=1S/C16H14O2/c1-18-16-14(11-7-3-2-4-8-11)12-9-5-6-10-13(12)15(16)17/h2-10,14,16H,1H3. The number of rotatable bonds is 2. The van der Waals surface area contributed by atoms with Gasteiger partial charge in [0.2, 0.25) is 0 Å². The average molecular weight is 238 g/mol. The number of hydrogen-bond donors (Lipinski definition) is 0. The lowest BCUT2D eigenvalue weighted by Gasteiger charge is -2.18. The van der Waals surface area contributed by atoms with Crippen molar-refractivity contribution in [1.29, 1.82) is 0 Å². The summed E-state index contributed by atoms with van der Waals surface area (Å²) in [6, 6.07) is 17.8. The van der Waals surface area contributed by atoms with Crippen molar-refractivity contribution in [3.63, 3.8) is 0 Å². The van der Waals surface area contributed by atoms with Gasteiger partial charge in [-0.2, -0.15) is 0 Å². The van der Waals surface area contributed by atoms with Gasteiger partial charge in [-0.1, -0.05) is 54.6 Å². The predicted molar refractivity (Wildman–Crippen MR) is 69.9 cm³/mol. The van der Waals surface area contributed by atoms with Gasteiger partial charge in [-0.25, -0.2) is 0 Å². The first-order valence-electron chi connectivity index (χ1n) is 6.04. The second kappa shape index (κ2) is 4.39. The molecule has 2 nitrogen and oxygen atoms in total. The summed E-state index contributed by atoms with van der Waals surface area (Å²) in [5.74, 6) is 0.0989. The molecule has 3 rings (SSSR count). The van der Waals surface area contributed by atoms with Crippen molar-refractivity contribution in [1.82, 2.24) is 0 Å². The van der Waals surface area contributed by atoms with Gasteiger partial charge in [-0.3, -0.25) is 4.79 Å². The topological polar surface area (TPSA) is 26.3 Å². The molecule has 0 saturated carbocycles. The molecule has 18 heavy (non-hydrogen) atoms. The van der Waals surface area contributed by atoms with Crippen LogP contribution in [0.15, 0.2) is 54.6 Å². The summed E-state index contributed by atoms with van der Waals surface area (Å²) < 4.78 is 5.42. The summed E-state index contributed by atoms with van der Waals surface area (Å²) in [4.78, 5) is 12.3. The molecule has 2 unspecified atom stereocenters. The maximum atomic E-state index is 12.3.